The third-order valence-corrected chi connectivity index (χ3v) is 4.82. The van der Waals surface area contributed by atoms with E-state index in [-0.39, 0.29) is 5.82 Å². The van der Waals surface area contributed by atoms with Crippen LogP contribution in [0.5, 0.6) is 0 Å². The normalized spacial score (nSPS) is 17.9. The number of halogens is 1. The fourth-order valence-electron chi connectivity index (χ4n) is 3.53. The van der Waals surface area contributed by atoms with Crippen LogP contribution in [0, 0.1) is 5.82 Å². The first-order chi connectivity index (χ1) is 12.3. The maximum absolute atomic E-state index is 13.2. The van der Waals surface area contributed by atoms with Gasteiger partial charge in [0, 0.05) is 31.5 Å². The molecule has 0 amide bonds. The van der Waals surface area contributed by atoms with E-state index in [1.165, 1.54) is 12.0 Å². The lowest BCUT2D eigenvalue weighted by molar-refractivity contribution is 0.246. The minimum absolute atomic E-state index is 0.172. The number of pyridine rings is 1. The summed E-state index contributed by atoms with van der Waals surface area (Å²) in [7, 11) is 0. The van der Waals surface area contributed by atoms with Gasteiger partial charge in [-0.1, -0.05) is 18.2 Å². The van der Waals surface area contributed by atoms with Crippen LogP contribution in [0.2, 0.25) is 0 Å². The van der Waals surface area contributed by atoms with Crippen LogP contribution in [0.4, 0.5) is 4.39 Å². The lowest BCUT2D eigenvalue weighted by Gasteiger charge is -2.25. The quantitative estimate of drug-likeness (QED) is 0.708. The fourth-order valence-corrected chi connectivity index (χ4v) is 3.53. The lowest BCUT2D eigenvalue weighted by Crippen LogP contribution is -2.27. The maximum atomic E-state index is 13.2. The molecule has 4 nitrogen and oxygen atoms in total. The Morgan fingerprint density at radius 2 is 1.88 bits per heavy atom. The van der Waals surface area contributed by atoms with Crippen molar-refractivity contribution in [3.63, 3.8) is 0 Å². The molecule has 1 saturated heterocycles. The molecule has 2 aromatic heterocycles. The third kappa shape index (κ3) is 3.61. The summed E-state index contributed by atoms with van der Waals surface area (Å²) in [5.74, 6) is -0.172. The standard InChI is InChI=1S/C20H21FN4/c21-17-8-6-16(7-9-17)20-5-3-11-25(20)13-12-24-14-19(23-15-24)18-4-1-2-10-22-18/h1-2,4,6-10,14-15,20H,3,5,11-13H2/t20-/m0/s1. The van der Waals surface area contributed by atoms with E-state index in [1.54, 1.807) is 18.3 Å². The zero-order chi connectivity index (χ0) is 17.1. The van der Waals surface area contributed by atoms with Gasteiger partial charge in [-0.2, -0.15) is 0 Å². The summed E-state index contributed by atoms with van der Waals surface area (Å²) in [6, 6.07) is 13.2. The van der Waals surface area contributed by atoms with Crippen LogP contribution in [0.3, 0.4) is 0 Å². The van der Waals surface area contributed by atoms with Gasteiger partial charge >= 0.3 is 0 Å². The first-order valence-corrected chi connectivity index (χ1v) is 8.72. The molecule has 25 heavy (non-hydrogen) atoms. The molecule has 1 atom stereocenters. The van der Waals surface area contributed by atoms with Crippen molar-refractivity contribution < 1.29 is 4.39 Å². The third-order valence-electron chi connectivity index (χ3n) is 4.82. The number of nitrogens with zero attached hydrogens (tertiary/aromatic N) is 4. The number of hydrogen-bond donors (Lipinski definition) is 0. The van der Waals surface area contributed by atoms with Crippen LogP contribution in [-0.2, 0) is 6.54 Å². The van der Waals surface area contributed by atoms with Crippen LogP contribution in [0.25, 0.3) is 11.4 Å². The monoisotopic (exact) mass is 336 g/mol. The number of aromatic nitrogens is 3. The van der Waals surface area contributed by atoms with Gasteiger partial charge in [-0.25, -0.2) is 9.37 Å². The molecule has 1 aliphatic heterocycles. The number of benzene rings is 1. The molecule has 0 aliphatic carbocycles. The highest BCUT2D eigenvalue weighted by Crippen LogP contribution is 2.31. The Balaban J connectivity index is 1.41. The minimum Gasteiger partial charge on any atom is -0.335 e. The average molecular weight is 336 g/mol. The van der Waals surface area contributed by atoms with Gasteiger partial charge in [0.15, 0.2) is 0 Å². The zero-order valence-corrected chi connectivity index (χ0v) is 14.1. The van der Waals surface area contributed by atoms with E-state index in [2.05, 4.69) is 19.4 Å². The molecule has 3 heterocycles. The van der Waals surface area contributed by atoms with Gasteiger partial charge in [-0.05, 0) is 49.2 Å². The number of rotatable bonds is 5. The van der Waals surface area contributed by atoms with E-state index in [9.17, 15) is 4.39 Å². The molecule has 1 aliphatic rings. The molecule has 0 bridgehead atoms. The lowest BCUT2D eigenvalue weighted by atomic mass is 10.0. The average Bonchev–Trinajstić information content (AvgIpc) is 3.31. The van der Waals surface area contributed by atoms with Gasteiger partial charge in [-0.3, -0.25) is 9.88 Å². The van der Waals surface area contributed by atoms with Gasteiger partial charge in [0.05, 0.1) is 12.0 Å². The summed E-state index contributed by atoms with van der Waals surface area (Å²) in [5, 5.41) is 0. The first-order valence-electron chi connectivity index (χ1n) is 8.72. The maximum Gasteiger partial charge on any atom is 0.123 e. The Hall–Kier alpha value is -2.53. The molecule has 0 radical (unpaired) electrons. The summed E-state index contributed by atoms with van der Waals surface area (Å²) in [6.45, 7) is 2.93. The molecule has 0 spiro atoms. The van der Waals surface area contributed by atoms with E-state index in [4.69, 9.17) is 0 Å². The Morgan fingerprint density at radius 3 is 2.68 bits per heavy atom. The van der Waals surface area contributed by atoms with Crippen LogP contribution < -0.4 is 0 Å². The second-order valence-electron chi connectivity index (χ2n) is 6.46. The SMILES string of the molecule is Fc1ccc([C@@H]2CCCN2CCn2cnc(-c3ccccn3)c2)cc1. The number of likely N-dealkylation sites (tertiary alicyclic amines) is 1. The van der Waals surface area contributed by atoms with Crippen LogP contribution >= 0.6 is 0 Å². The molecule has 4 rings (SSSR count). The fraction of sp³-hybridized carbons (Fsp3) is 0.300. The highest BCUT2D eigenvalue weighted by Gasteiger charge is 2.25. The Morgan fingerprint density at radius 1 is 1.00 bits per heavy atom. The summed E-state index contributed by atoms with van der Waals surface area (Å²) in [4.78, 5) is 11.3. The highest BCUT2D eigenvalue weighted by atomic mass is 19.1. The summed E-state index contributed by atoms with van der Waals surface area (Å²) in [6.07, 6.45) is 8.02. The van der Waals surface area contributed by atoms with Crippen molar-refractivity contribution in [2.75, 3.05) is 13.1 Å². The van der Waals surface area contributed by atoms with Gasteiger partial charge in [0.2, 0.25) is 0 Å². The van der Waals surface area contributed by atoms with Crippen molar-refractivity contribution >= 4 is 0 Å². The van der Waals surface area contributed by atoms with E-state index >= 15 is 0 Å². The number of hydrogen-bond acceptors (Lipinski definition) is 3. The molecular formula is C20H21FN4. The van der Waals surface area contributed by atoms with E-state index in [0.29, 0.717) is 6.04 Å². The molecule has 3 aromatic rings. The van der Waals surface area contributed by atoms with Crippen LogP contribution in [0.15, 0.2) is 61.2 Å². The first kappa shape index (κ1) is 16.0. The molecule has 1 aromatic carbocycles. The van der Waals surface area contributed by atoms with Crippen molar-refractivity contribution in [1.82, 2.24) is 19.4 Å². The van der Waals surface area contributed by atoms with Gasteiger partial charge in [0.1, 0.15) is 11.5 Å². The van der Waals surface area contributed by atoms with Crippen molar-refractivity contribution in [2.45, 2.75) is 25.4 Å². The zero-order valence-electron chi connectivity index (χ0n) is 14.1. The van der Waals surface area contributed by atoms with E-state index in [0.717, 1.165) is 37.4 Å². The van der Waals surface area contributed by atoms with Crippen LogP contribution in [-0.4, -0.2) is 32.5 Å². The molecule has 0 unspecified atom stereocenters. The summed E-state index contributed by atoms with van der Waals surface area (Å²) >= 11 is 0. The highest BCUT2D eigenvalue weighted by molar-refractivity contribution is 5.52. The number of imidazole rings is 1. The van der Waals surface area contributed by atoms with E-state index < -0.39 is 0 Å². The molecule has 5 heteroatoms. The van der Waals surface area contributed by atoms with Crippen molar-refractivity contribution in [1.29, 1.82) is 0 Å². The Labute approximate surface area is 147 Å². The molecule has 1 fully saturated rings. The molecule has 0 saturated carbocycles. The Kier molecular flexibility index (Phi) is 4.57. The predicted octanol–water partition coefficient (Wildman–Crippen LogP) is 3.92. The predicted molar refractivity (Wildman–Crippen MR) is 95.4 cm³/mol. The summed E-state index contributed by atoms with van der Waals surface area (Å²) < 4.78 is 15.3. The minimum atomic E-state index is -0.172. The van der Waals surface area contributed by atoms with Gasteiger partial charge in [-0.15, -0.1) is 0 Å². The second-order valence-corrected chi connectivity index (χ2v) is 6.46. The molecular weight excluding hydrogens is 315 g/mol. The summed E-state index contributed by atoms with van der Waals surface area (Å²) in [5.41, 5.74) is 3.00. The van der Waals surface area contributed by atoms with Gasteiger partial charge in [0.25, 0.3) is 0 Å². The van der Waals surface area contributed by atoms with Crippen molar-refractivity contribution in [2.24, 2.45) is 0 Å². The Bertz CT molecular complexity index is 813. The van der Waals surface area contributed by atoms with Crippen LogP contribution in [0.1, 0.15) is 24.4 Å². The van der Waals surface area contributed by atoms with Crippen molar-refractivity contribution in [3.8, 4) is 11.4 Å². The second kappa shape index (κ2) is 7.15. The van der Waals surface area contributed by atoms with Crippen molar-refractivity contribution in [3.05, 3.63) is 72.6 Å². The largest absolute Gasteiger partial charge is 0.335 e. The van der Waals surface area contributed by atoms with Gasteiger partial charge < -0.3 is 4.57 Å². The topological polar surface area (TPSA) is 34.0 Å². The van der Waals surface area contributed by atoms with E-state index in [1.807, 2.05) is 42.9 Å². The molecule has 0 N–H and O–H groups in total. The smallest absolute Gasteiger partial charge is 0.123 e. The molecule has 128 valence electrons.